The number of thioether (sulfide) groups is 1. The fourth-order valence-electron chi connectivity index (χ4n) is 5.01. The molecule has 0 saturated carbocycles. The molecule has 1 aliphatic rings. The molecule has 10 heteroatoms. The highest BCUT2D eigenvalue weighted by atomic mass is 32.2. The Kier molecular flexibility index (Phi) is 8.67. The predicted molar refractivity (Wildman–Crippen MR) is 173 cm³/mol. The van der Waals surface area contributed by atoms with Crippen molar-refractivity contribution in [3.05, 3.63) is 147 Å². The van der Waals surface area contributed by atoms with Crippen molar-refractivity contribution in [2.45, 2.75) is 10.8 Å². The lowest BCUT2D eigenvalue weighted by Crippen LogP contribution is -2.38. The van der Waals surface area contributed by atoms with Crippen LogP contribution < -0.4 is 5.32 Å². The maximum Gasteiger partial charge on any atom is 0.269 e. The fourth-order valence-corrected chi connectivity index (χ4v) is 7.33. The minimum absolute atomic E-state index is 0.0422. The highest BCUT2D eigenvalue weighted by Gasteiger charge is 2.38. The summed E-state index contributed by atoms with van der Waals surface area (Å²) in [6, 6.07) is 37.6. The first kappa shape index (κ1) is 28.4. The number of non-ortho nitro benzene ring substituents is 1. The van der Waals surface area contributed by atoms with Gasteiger partial charge in [-0.3, -0.25) is 10.1 Å². The molecule has 4 aromatic carbocycles. The molecule has 43 heavy (non-hydrogen) atoms. The zero-order valence-corrected chi connectivity index (χ0v) is 24.7. The molecule has 216 valence electrons. The van der Waals surface area contributed by atoms with Crippen LogP contribution in [0, 0.1) is 10.1 Å². The van der Waals surface area contributed by atoms with E-state index in [0.717, 1.165) is 27.9 Å². The summed E-state index contributed by atoms with van der Waals surface area (Å²) in [5.74, 6) is 1.04. The van der Waals surface area contributed by atoms with E-state index in [1.54, 1.807) is 23.9 Å². The van der Waals surface area contributed by atoms with E-state index in [1.807, 2.05) is 23.6 Å². The number of hydrogen-bond donors (Lipinski definition) is 1. The lowest BCUT2D eigenvalue weighted by atomic mass is 9.84. The molecular formula is C33H28N4O4S2. The summed E-state index contributed by atoms with van der Waals surface area (Å²) in [4.78, 5) is 20.9. The van der Waals surface area contributed by atoms with Gasteiger partial charge >= 0.3 is 0 Å². The van der Waals surface area contributed by atoms with E-state index in [0.29, 0.717) is 30.0 Å². The minimum Gasteiger partial charge on any atom is -0.473 e. The normalized spacial score (nSPS) is 13.7. The van der Waals surface area contributed by atoms with E-state index in [9.17, 15) is 10.1 Å². The van der Waals surface area contributed by atoms with Gasteiger partial charge in [0.15, 0.2) is 11.7 Å². The van der Waals surface area contributed by atoms with Crippen LogP contribution in [0.25, 0.3) is 11.3 Å². The third kappa shape index (κ3) is 6.25. The topological polar surface area (TPSA) is 98.9 Å². The van der Waals surface area contributed by atoms with E-state index < -0.39 is 9.67 Å². The quantitative estimate of drug-likeness (QED) is 0.0937. The predicted octanol–water partition coefficient (Wildman–Crippen LogP) is 7.58. The third-order valence-corrected chi connectivity index (χ3v) is 9.47. The number of thiazole rings is 1. The van der Waals surface area contributed by atoms with Crippen LogP contribution in [0.15, 0.2) is 126 Å². The van der Waals surface area contributed by atoms with Crippen molar-refractivity contribution in [3.8, 4) is 11.3 Å². The van der Waals surface area contributed by atoms with Gasteiger partial charge in [-0.05, 0) is 34.0 Å². The number of anilines is 1. The van der Waals surface area contributed by atoms with Crippen molar-refractivity contribution in [2.24, 2.45) is 5.16 Å². The van der Waals surface area contributed by atoms with Crippen LogP contribution in [-0.2, 0) is 14.3 Å². The van der Waals surface area contributed by atoms with E-state index in [1.165, 1.54) is 23.5 Å². The largest absolute Gasteiger partial charge is 0.473 e. The zero-order chi connectivity index (χ0) is 29.5. The number of benzene rings is 4. The second kappa shape index (κ2) is 13.1. The van der Waals surface area contributed by atoms with Crippen molar-refractivity contribution < 1.29 is 14.5 Å². The molecule has 5 aromatic rings. The zero-order valence-electron chi connectivity index (χ0n) is 23.0. The van der Waals surface area contributed by atoms with Crippen LogP contribution in [0.1, 0.15) is 16.7 Å². The number of ether oxygens (including phenoxy) is 1. The van der Waals surface area contributed by atoms with Crippen LogP contribution >= 0.6 is 23.1 Å². The molecule has 1 N–H and O–H groups in total. The third-order valence-electron chi connectivity index (χ3n) is 7.06. The van der Waals surface area contributed by atoms with Crippen molar-refractivity contribution >= 4 is 39.8 Å². The minimum atomic E-state index is -0.521. The first-order valence-electron chi connectivity index (χ1n) is 13.7. The lowest BCUT2D eigenvalue weighted by molar-refractivity contribution is -0.384. The molecule has 0 amide bonds. The van der Waals surface area contributed by atoms with Gasteiger partial charge in [0.1, 0.15) is 12.6 Å². The first-order chi connectivity index (χ1) is 21.1. The van der Waals surface area contributed by atoms with Crippen LogP contribution in [0.5, 0.6) is 0 Å². The van der Waals surface area contributed by atoms with E-state index >= 15 is 0 Å². The molecule has 1 aromatic heterocycles. The molecule has 1 atom stereocenters. The lowest BCUT2D eigenvalue weighted by Gasteiger charge is -2.36. The van der Waals surface area contributed by atoms with E-state index in [4.69, 9.17) is 14.6 Å². The summed E-state index contributed by atoms with van der Waals surface area (Å²) in [6.07, 6.45) is 0. The number of oxime groups is 1. The summed E-state index contributed by atoms with van der Waals surface area (Å²) < 4.78 is 5.46. The van der Waals surface area contributed by atoms with Gasteiger partial charge in [0.25, 0.3) is 5.69 Å². The standard InChI is InChI=1S/C33H28N4O4S2/c38-37(39)28-18-16-24(17-19-28)29-22-42-32(34-29)35-30(31-36-41-21-20-40-31)23-43-33(25-10-4-1-5-11-25,26-12-6-2-7-13-26)27-14-8-3-9-15-27/h1-19,22,30H,20-21,23H2,(H,34,35)/t30-/m0/s1. The SMILES string of the molecule is O=[N+]([O-])c1ccc(-c2csc(N[C@@H](CSC(c3ccccc3)(c3ccccc3)c3ccccc3)C3=NOCCO3)n2)cc1. The molecule has 6 rings (SSSR count). The number of nitrogens with zero attached hydrogens (tertiary/aromatic N) is 3. The van der Waals surface area contributed by atoms with Gasteiger partial charge in [-0.1, -0.05) is 91.0 Å². The second-order valence-electron chi connectivity index (χ2n) is 9.74. The second-order valence-corrected chi connectivity index (χ2v) is 11.8. The molecule has 0 bridgehead atoms. The molecule has 0 spiro atoms. The molecule has 1 aliphatic heterocycles. The maximum atomic E-state index is 11.1. The number of nitro groups is 1. The summed E-state index contributed by atoms with van der Waals surface area (Å²) in [7, 11) is 0. The molecule has 2 heterocycles. The molecule has 0 radical (unpaired) electrons. The Bertz CT molecular complexity index is 1580. The van der Waals surface area contributed by atoms with Crippen molar-refractivity contribution in [2.75, 3.05) is 24.3 Å². The summed E-state index contributed by atoms with van der Waals surface area (Å²) >= 11 is 3.24. The van der Waals surface area contributed by atoms with Gasteiger partial charge in [-0.25, -0.2) is 4.98 Å². The molecule has 0 unspecified atom stereocenters. The highest BCUT2D eigenvalue weighted by molar-refractivity contribution is 8.00. The van der Waals surface area contributed by atoms with Gasteiger partial charge in [-0.15, -0.1) is 23.1 Å². The van der Waals surface area contributed by atoms with Crippen molar-refractivity contribution in [3.63, 3.8) is 0 Å². The molecule has 0 fully saturated rings. The van der Waals surface area contributed by atoms with Gasteiger partial charge in [0.2, 0.25) is 5.90 Å². The molecule has 0 saturated heterocycles. The maximum absolute atomic E-state index is 11.1. The Morgan fingerprint density at radius 3 is 1.95 bits per heavy atom. The van der Waals surface area contributed by atoms with Gasteiger partial charge in [0, 0.05) is 28.8 Å². The van der Waals surface area contributed by atoms with Crippen LogP contribution in [0.3, 0.4) is 0 Å². The number of nitrogens with one attached hydrogen (secondary N) is 1. The fraction of sp³-hybridized carbons (Fsp3) is 0.152. The van der Waals surface area contributed by atoms with Crippen molar-refractivity contribution in [1.82, 2.24) is 4.98 Å². The van der Waals surface area contributed by atoms with E-state index in [2.05, 4.69) is 83.3 Å². The monoisotopic (exact) mass is 608 g/mol. The highest BCUT2D eigenvalue weighted by Crippen LogP contribution is 2.49. The van der Waals surface area contributed by atoms with Crippen LogP contribution in [0.4, 0.5) is 10.8 Å². The summed E-state index contributed by atoms with van der Waals surface area (Å²) in [6.45, 7) is 0.807. The number of rotatable bonds is 11. The molecule has 0 aliphatic carbocycles. The number of hydrogen-bond acceptors (Lipinski definition) is 9. The molecule has 8 nitrogen and oxygen atoms in total. The van der Waals surface area contributed by atoms with Gasteiger partial charge in [-0.2, -0.15) is 0 Å². The Balaban J connectivity index is 1.34. The van der Waals surface area contributed by atoms with Crippen LogP contribution in [-0.4, -0.2) is 40.8 Å². The van der Waals surface area contributed by atoms with E-state index in [-0.39, 0.29) is 11.7 Å². The Morgan fingerprint density at radius 2 is 1.44 bits per heavy atom. The van der Waals surface area contributed by atoms with Gasteiger partial charge in [0.05, 0.1) is 15.4 Å². The number of aromatic nitrogens is 1. The smallest absolute Gasteiger partial charge is 0.269 e. The average molecular weight is 609 g/mol. The first-order valence-corrected chi connectivity index (χ1v) is 15.6. The Labute approximate surface area is 257 Å². The van der Waals surface area contributed by atoms with Crippen molar-refractivity contribution in [1.29, 1.82) is 0 Å². The van der Waals surface area contributed by atoms with Crippen LogP contribution in [0.2, 0.25) is 0 Å². The summed E-state index contributed by atoms with van der Waals surface area (Å²) in [5.41, 5.74) is 5.05. The Morgan fingerprint density at radius 1 is 0.860 bits per heavy atom. The summed E-state index contributed by atoms with van der Waals surface area (Å²) in [5, 5.41) is 21.5. The number of nitro benzene ring substituents is 1. The van der Waals surface area contributed by atoms with Gasteiger partial charge < -0.3 is 14.9 Å². The average Bonchev–Trinajstić information content (AvgIpc) is 3.55. The Hall–Kier alpha value is -4.67. The molecular weight excluding hydrogens is 581 g/mol.